The number of hydrogen-bond donors (Lipinski definition) is 1. The predicted octanol–water partition coefficient (Wildman–Crippen LogP) is 4.04. The van der Waals surface area contributed by atoms with E-state index in [0.717, 1.165) is 28.2 Å². The predicted molar refractivity (Wildman–Crippen MR) is 84.6 cm³/mol. The molecule has 4 rings (SSSR count). The largest absolute Gasteiger partial charge is 0.356 e. The molecule has 0 spiro atoms. The Balaban J connectivity index is 1.95. The van der Waals surface area contributed by atoms with Crippen LogP contribution in [0.1, 0.15) is 47.1 Å². The van der Waals surface area contributed by atoms with Gasteiger partial charge in [0.2, 0.25) is 0 Å². The molecule has 3 heteroatoms. The van der Waals surface area contributed by atoms with Gasteiger partial charge in [-0.05, 0) is 50.3 Å². The van der Waals surface area contributed by atoms with Gasteiger partial charge in [0.15, 0.2) is 0 Å². The molecule has 0 fully saturated rings. The minimum atomic E-state index is 0.386. The summed E-state index contributed by atoms with van der Waals surface area (Å²) in [6, 6.07) is 10.9. The van der Waals surface area contributed by atoms with Crippen LogP contribution in [0.25, 0.3) is 11.0 Å². The standard InChI is InChI=1S/C18H19N3/c1-11-10-16-18(19-11)17(21-12(2)20-16)15-9-5-7-13-6-3-4-8-14(13)15/h3-4,6,8,10,15,19H,5,7,9H2,1-2H3. The number of aromatic nitrogens is 3. The third kappa shape index (κ3) is 2.04. The number of aryl methyl sites for hydroxylation is 3. The van der Waals surface area contributed by atoms with E-state index in [4.69, 9.17) is 4.98 Å². The molecule has 0 radical (unpaired) electrons. The zero-order valence-corrected chi connectivity index (χ0v) is 12.5. The zero-order chi connectivity index (χ0) is 14.4. The van der Waals surface area contributed by atoms with Crippen molar-refractivity contribution < 1.29 is 0 Å². The maximum atomic E-state index is 4.79. The van der Waals surface area contributed by atoms with E-state index in [1.165, 1.54) is 30.4 Å². The fraction of sp³-hybridized carbons (Fsp3) is 0.333. The third-order valence-corrected chi connectivity index (χ3v) is 4.45. The Morgan fingerprint density at radius 3 is 2.90 bits per heavy atom. The molecule has 3 aromatic rings. The minimum Gasteiger partial charge on any atom is -0.356 e. The van der Waals surface area contributed by atoms with E-state index in [1.54, 1.807) is 0 Å². The number of rotatable bonds is 1. The highest BCUT2D eigenvalue weighted by molar-refractivity contribution is 5.79. The highest BCUT2D eigenvalue weighted by atomic mass is 14.9. The van der Waals surface area contributed by atoms with Crippen LogP contribution in [-0.2, 0) is 6.42 Å². The molecule has 2 heterocycles. The molecule has 0 amide bonds. The van der Waals surface area contributed by atoms with Crippen molar-refractivity contribution in [3.63, 3.8) is 0 Å². The molecular formula is C18H19N3. The van der Waals surface area contributed by atoms with Crippen LogP contribution in [0.4, 0.5) is 0 Å². The lowest BCUT2D eigenvalue weighted by Gasteiger charge is -2.25. The van der Waals surface area contributed by atoms with Crippen molar-refractivity contribution in [1.82, 2.24) is 15.0 Å². The fourth-order valence-corrected chi connectivity index (χ4v) is 3.58. The molecule has 0 bridgehead atoms. The second-order valence-corrected chi connectivity index (χ2v) is 6.01. The van der Waals surface area contributed by atoms with Crippen molar-refractivity contribution >= 4 is 11.0 Å². The molecule has 1 unspecified atom stereocenters. The van der Waals surface area contributed by atoms with E-state index < -0.39 is 0 Å². The number of aromatic amines is 1. The SMILES string of the molecule is Cc1nc(C2CCCc3ccccc32)c2[nH]c(C)cc2n1. The van der Waals surface area contributed by atoms with Crippen molar-refractivity contribution in [3.05, 3.63) is 58.7 Å². The molecule has 21 heavy (non-hydrogen) atoms. The van der Waals surface area contributed by atoms with E-state index in [9.17, 15) is 0 Å². The van der Waals surface area contributed by atoms with Crippen LogP contribution in [0, 0.1) is 13.8 Å². The molecule has 1 aromatic carbocycles. The van der Waals surface area contributed by atoms with Crippen molar-refractivity contribution in [2.45, 2.75) is 39.0 Å². The summed E-state index contributed by atoms with van der Waals surface area (Å²) in [4.78, 5) is 12.8. The van der Waals surface area contributed by atoms with E-state index in [2.05, 4.69) is 47.2 Å². The molecule has 1 aliphatic rings. The Kier molecular flexibility index (Phi) is 2.81. The van der Waals surface area contributed by atoms with Crippen molar-refractivity contribution in [3.8, 4) is 0 Å². The molecule has 0 aliphatic heterocycles. The van der Waals surface area contributed by atoms with E-state index in [0.29, 0.717) is 5.92 Å². The first-order valence-electron chi connectivity index (χ1n) is 7.64. The number of H-pyrrole nitrogens is 1. The van der Waals surface area contributed by atoms with Gasteiger partial charge in [-0.15, -0.1) is 0 Å². The number of nitrogens with one attached hydrogen (secondary N) is 1. The van der Waals surface area contributed by atoms with Crippen LogP contribution in [0.15, 0.2) is 30.3 Å². The highest BCUT2D eigenvalue weighted by Gasteiger charge is 2.25. The summed E-state index contributed by atoms with van der Waals surface area (Å²) in [5.41, 5.74) is 7.38. The van der Waals surface area contributed by atoms with Gasteiger partial charge in [-0.2, -0.15) is 0 Å². The van der Waals surface area contributed by atoms with Crippen LogP contribution >= 0.6 is 0 Å². The second kappa shape index (κ2) is 4.69. The Labute approximate surface area is 124 Å². The first-order valence-corrected chi connectivity index (χ1v) is 7.64. The number of benzene rings is 1. The van der Waals surface area contributed by atoms with Crippen molar-refractivity contribution in [2.75, 3.05) is 0 Å². The molecule has 0 saturated heterocycles. The molecule has 106 valence electrons. The summed E-state index contributed by atoms with van der Waals surface area (Å²) in [5.74, 6) is 1.25. The Morgan fingerprint density at radius 1 is 1.14 bits per heavy atom. The number of hydrogen-bond acceptors (Lipinski definition) is 2. The van der Waals surface area contributed by atoms with Crippen molar-refractivity contribution in [2.24, 2.45) is 0 Å². The summed E-state index contributed by atoms with van der Waals surface area (Å²) in [5, 5.41) is 0. The first-order chi connectivity index (χ1) is 10.2. The summed E-state index contributed by atoms with van der Waals surface area (Å²) in [6.45, 7) is 4.07. The molecule has 2 aromatic heterocycles. The summed E-state index contributed by atoms with van der Waals surface area (Å²) < 4.78 is 0. The van der Waals surface area contributed by atoms with E-state index in [1.807, 2.05) is 6.92 Å². The normalized spacial score (nSPS) is 17.9. The van der Waals surface area contributed by atoms with Crippen LogP contribution < -0.4 is 0 Å². The maximum absolute atomic E-state index is 4.79. The second-order valence-electron chi connectivity index (χ2n) is 6.01. The summed E-state index contributed by atoms with van der Waals surface area (Å²) in [6.07, 6.45) is 3.58. The smallest absolute Gasteiger partial charge is 0.126 e. The van der Waals surface area contributed by atoms with Gasteiger partial charge in [0, 0.05) is 11.6 Å². The number of nitrogens with zero attached hydrogens (tertiary/aromatic N) is 2. The van der Waals surface area contributed by atoms with Gasteiger partial charge in [-0.3, -0.25) is 0 Å². The van der Waals surface area contributed by atoms with Crippen LogP contribution in [-0.4, -0.2) is 15.0 Å². The Bertz CT molecular complexity index is 816. The molecule has 1 aliphatic carbocycles. The number of fused-ring (bicyclic) bond motifs is 2. The molecule has 0 saturated carbocycles. The quantitative estimate of drug-likeness (QED) is 0.729. The van der Waals surface area contributed by atoms with E-state index >= 15 is 0 Å². The fourth-order valence-electron chi connectivity index (χ4n) is 3.58. The van der Waals surface area contributed by atoms with Gasteiger partial charge in [0.25, 0.3) is 0 Å². The topological polar surface area (TPSA) is 41.6 Å². The first kappa shape index (κ1) is 12.6. The van der Waals surface area contributed by atoms with Crippen LogP contribution in [0.5, 0.6) is 0 Å². The van der Waals surface area contributed by atoms with Crippen LogP contribution in [0.3, 0.4) is 0 Å². The van der Waals surface area contributed by atoms with Crippen LogP contribution in [0.2, 0.25) is 0 Å². The zero-order valence-electron chi connectivity index (χ0n) is 12.5. The van der Waals surface area contributed by atoms with Gasteiger partial charge in [-0.25, -0.2) is 9.97 Å². The highest BCUT2D eigenvalue weighted by Crippen LogP contribution is 2.38. The summed E-state index contributed by atoms with van der Waals surface area (Å²) in [7, 11) is 0. The average Bonchev–Trinajstić information content (AvgIpc) is 2.86. The molecule has 3 nitrogen and oxygen atoms in total. The molecule has 1 atom stereocenters. The van der Waals surface area contributed by atoms with E-state index in [-0.39, 0.29) is 0 Å². The van der Waals surface area contributed by atoms with Gasteiger partial charge in [0.1, 0.15) is 5.82 Å². The Morgan fingerprint density at radius 2 is 2.00 bits per heavy atom. The van der Waals surface area contributed by atoms with Gasteiger partial charge < -0.3 is 4.98 Å². The van der Waals surface area contributed by atoms with Gasteiger partial charge >= 0.3 is 0 Å². The van der Waals surface area contributed by atoms with Gasteiger partial charge in [0.05, 0.1) is 16.7 Å². The van der Waals surface area contributed by atoms with Crippen molar-refractivity contribution in [1.29, 1.82) is 0 Å². The lowest BCUT2D eigenvalue weighted by Crippen LogP contribution is -2.13. The molecular weight excluding hydrogens is 258 g/mol. The lowest BCUT2D eigenvalue weighted by atomic mass is 9.80. The lowest BCUT2D eigenvalue weighted by molar-refractivity contribution is 0.605. The monoisotopic (exact) mass is 277 g/mol. The third-order valence-electron chi connectivity index (χ3n) is 4.45. The maximum Gasteiger partial charge on any atom is 0.126 e. The Hall–Kier alpha value is -2.16. The molecule has 1 N–H and O–H groups in total. The van der Waals surface area contributed by atoms with Gasteiger partial charge in [-0.1, -0.05) is 24.3 Å². The average molecular weight is 277 g/mol. The summed E-state index contributed by atoms with van der Waals surface area (Å²) >= 11 is 0. The minimum absolute atomic E-state index is 0.386.